The number of anilines is 2. The van der Waals surface area contributed by atoms with E-state index in [1.54, 1.807) is 85.8 Å². The van der Waals surface area contributed by atoms with E-state index in [4.69, 9.17) is 11.6 Å². The van der Waals surface area contributed by atoms with Gasteiger partial charge < -0.3 is 16.0 Å². The summed E-state index contributed by atoms with van der Waals surface area (Å²) >= 11 is 7.28. The molecule has 220 valence electrons. The zero-order valence-corrected chi connectivity index (χ0v) is 24.2. The quantitative estimate of drug-likeness (QED) is 0.131. The van der Waals surface area contributed by atoms with Gasteiger partial charge in [0.25, 0.3) is 11.8 Å². The average Bonchev–Trinajstić information content (AvgIpc) is 2.98. The molecule has 0 aliphatic carbocycles. The molecule has 0 bridgehead atoms. The molecule has 11 heteroatoms. The molecule has 1 unspecified atom stereocenters. The fraction of sp³-hybridized carbons (Fsp3) is 0.0938. The minimum absolute atomic E-state index is 0.00513. The molecule has 4 aromatic rings. The first kappa shape index (κ1) is 31.4. The lowest BCUT2D eigenvalue weighted by Gasteiger charge is -2.14. The van der Waals surface area contributed by atoms with Crippen LogP contribution >= 0.6 is 23.4 Å². The molecule has 3 amide bonds. The number of halogens is 4. The van der Waals surface area contributed by atoms with Crippen LogP contribution in [0.3, 0.4) is 0 Å². The molecule has 1 atom stereocenters. The molecule has 0 saturated carbocycles. The number of amides is 3. The van der Waals surface area contributed by atoms with Gasteiger partial charge in [-0.25, -0.2) is 0 Å². The predicted octanol–water partition coefficient (Wildman–Crippen LogP) is 7.89. The van der Waals surface area contributed by atoms with Gasteiger partial charge in [0.2, 0.25) is 5.91 Å². The molecule has 0 aliphatic rings. The number of alkyl halides is 3. The number of nitrogens with one attached hydrogen (secondary N) is 3. The molecule has 43 heavy (non-hydrogen) atoms. The Morgan fingerprint density at radius 1 is 0.814 bits per heavy atom. The van der Waals surface area contributed by atoms with Crippen LogP contribution in [0.25, 0.3) is 6.08 Å². The highest BCUT2D eigenvalue weighted by Gasteiger charge is 2.30. The lowest BCUT2D eigenvalue weighted by molar-refractivity contribution is -0.137. The minimum Gasteiger partial charge on any atom is -0.325 e. The van der Waals surface area contributed by atoms with E-state index in [2.05, 4.69) is 16.0 Å². The maximum absolute atomic E-state index is 13.2. The zero-order chi connectivity index (χ0) is 31.0. The summed E-state index contributed by atoms with van der Waals surface area (Å²) in [4.78, 5) is 39.3. The van der Waals surface area contributed by atoms with Gasteiger partial charge in [-0.05, 0) is 85.3 Å². The van der Waals surface area contributed by atoms with Gasteiger partial charge in [-0.2, -0.15) is 13.2 Å². The van der Waals surface area contributed by atoms with Gasteiger partial charge >= 0.3 is 6.18 Å². The summed E-state index contributed by atoms with van der Waals surface area (Å²) in [6, 6.07) is 26.3. The third kappa shape index (κ3) is 9.22. The number of thioether (sulfide) groups is 1. The average molecular weight is 624 g/mol. The Morgan fingerprint density at radius 3 is 2.19 bits per heavy atom. The molecular weight excluding hydrogens is 599 g/mol. The Bertz CT molecular complexity index is 1650. The molecule has 0 fully saturated rings. The summed E-state index contributed by atoms with van der Waals surface area (Å²) in [7, 11) is 0. The first-order valence-electron chi connectivity index (χ1n) is 12.9. The Morgan fingerprint density at radius 2 is 1.51 bits per heavy atom. The van der Waals surface area contributed by atoms with Gasteiger partial charge in [0.1, 0.15) is 5.70 Å². The Balaban J connectivity index is 1.42. The second-order valence-corrected chi connectivity index (χ2v) is 11.1. The van der Waals surface area contributed by atoms with Gasteiger partial charge in [-0.1, -0.05) is 48.0 Å². The van der Waals surface area contributed by atoms with Crippen molar-refractivity contribution in [2.75, 3.05) is 10.6 Å². The topological polar surface area (TPSA) is 87.3 Å². The molecule has 6 nitrogen and oxygen atoms in total. The highest BCUT2D eigenvalue weighted by molar-refractivity contribution is 8.00. The normalized spacial score (nSPS) is 12.3. The number of hydrogen-bond acceptors (Lipinski definition) is 4. The number of rotatable bonds is 9. The first-order chi connectivity index (χ1) is 20.5. The van der Waals surface area contributed by atoms with Gasteiger partial charge in [0, 0.05) is 26.9 Å². The second-order valence-electron chi connectivity index (χ2n) is 9.24. The summed E-state index contributed by atoms with van der Waals surface area (Å²) in [5.41, 5.74) is 0.602. The fourth-order valence-corrected chi connectivity index (χ4v) is 4.86. The van der Waals surface area contributed by atoms with Gasteiger partial charge in [0.05, 0.1) is 10.8 Å². The van der Waals surface area contributed by atoms with E-state index in [0.29, 0.717) is 26.7 Å². The Hall–Kier alpha value is -4.54. The summed E-state index contributed by atoms with van der Waals surface area (Å²) < 4.78 is 38.9. The van der Waals surface area contributed by atoms with Crippen molar-refractivity contribution < 1.29 is 27.6 Å². The number of carbonyl (C=O) groups is 3. The van der Waals surface area contributed by atoms with Crippen LogP contribution in [0.5, 0.6) is 0 Å². The van der Waals surface area contributed by atoms with Crippen molar-refractivity contribution >= 4 is 58.5 Å². The molecule has 0 spiro atoms. The van der Waals surface area contributed by atoms with Crippen LogP contribution in [0.4, 0.5) is 24.5 Å². The van der Waals surface area contributed by atoms with Crippen LogP contribution in [-0.4, -0.2) is 23.0 Å². The van der Waals surface area contributed by atoms with Crippen LogP contribution in [-0.2, 0) is 15.8 Å². The third-order valence-electron chi connectivity index (χ3n) is 5.94. The summed E-state index contributed by atoms with van der Waals surface area (Å²) in [6.45, 7) is 1.63. The molecule has 0 aromatic heterocycles. The van der Waals surface area contributed by atoms with E-state index in [1.807, 2.05) is 0 Å². The molecular formula is C32H25ClF3N3O3S. The van der Waals surface area contributed by atoms with Crippen LogP contribution in [0, 0.1) is 0 Å². The molecule has 3 N–H and O–H groups in total. The molecule has 0 radical (unpaired) electrons. The molecule has 4 rings (SSSR count). The largest absolute Gasteiger partial charge is 0.416 e. The first-order valence-corrected chi connectivity index (χ1v) is 14.1. The van der Waals surface area contributed by atoms with Crippen LogP contribution in [0.1, 0.15) is 28.4 Å². The van der Waals surface area contributed by atoms with E-state index < -0.39 is 34.7 Å². The Kier molecular flexibility index (Phi) is 10.3. The molecule has 0 aliphatic heterocycles. The van der Waals surface area contributed by atoms with Gasteiger partial charge in [-0.15, -0.1) is 11.8 Å². The van der Waals surface area contributed by atoms with E-state index in [-0.39, 0.29) is 11.4 Å². The minimum atomic E-state index is -4.52. The summed E-state index contributed by atoms with van der Waals surface area (Å²) in [5, 5.41) is 7.76. The molecule has 0 saturated heterocycles. The summed E-state index contributed by atoms with van der Waals surface area (Å²) in [6.07, 6.45) is -3.01. The van der Waals surface area contributed by atoms with Crippen molar-refractivity contribution in [2.24, 2.45) is 0 Å². The molecule has 0 heterocycles. The van der Waals surface area contributed by atoms with E-state index in [9.17, 15) is 27.6 Å². The highest BCUT2D eigenvalue weighted by atomic mass is 35.5. The van der Waals surface area contributed by atoms with Crippen molar-refractivity contribution in [3.8, 4) is 0 Å². The van der Waals surface area contributed by atoms with Crippen molar-refractivity contribution in [1.82, 2.24) is 5.32 Å². The monoisotopic (exact) mass is 623 g/mol. The summed E-state index contributed by atoms with van der Waals surface area (Å²) in [5.74, 6) is -1.50. The smallest absolute Gasteiger partial charge is 0.325 e. The van der Waals surface area contributed by atoms with Crippen molar-refractivity contribution in [3.05, 3.63) is 131 Å². The van der Waals surface area contributed by atoms with Crippen LogP contribution in [0.2, 0.25) is 5.02 Å². The van der Waals surface area contributed by atoms with E-state index in [0.717, 1.165) is 12.1 Å². The highest BCUT2D eigenvalue weighted by Crippen LogP contribution is 2.31. The fourth-order valence-electron chi connectivity index (χ4n) is 3.80. The maximum Gasteiger partial charge on any atom is 0.416 e. The second kappa shape index (κ2) is 14.1. The SMILES string of the molecule is CC(Sc1ccc(NC(=O)/C(=C/c2cccc(Cl)c2)NC(=O)c2ccccc2)cc1)C(=O)Nc1cccc(C(F)(F)F)c1. The third-order valence-corrected chi connectivity index (χ3v) is 7.29. The predicted molar refractivity (Wildman–Crippen MR) is 164 cm³/mol. The van der Waals surface area contributed by atoms with Crippen LogP contribution < -0.4 is 16.0 Å². The van der Waals surface area contributed by atoms with Crippen molar-refractivity contribution in [1.29, 1.82) is 0 Å². The zero-order valence-electron chi connectivity index (χ0n) is 22.6. The van der Waals surface area contributed by atoms with Crippen LogP contribution in [0.15, 0.2) is 114 Å². The lowest BCUT2D eigenvalue weighted by atomic mass is 10.1. The lowest BCUT2D eigenvalue weighted by Crippen LogP contribution is -2.30. The molecule has 4 aromatic carbocycles. The van der Waals surface area contributed by atoms with Gasteiger partial charge in [-0.3, -0.25) is 14.4 Å². The van der Waals surface area contributed by atoms with Crippen molar-refractivity contribution in [2.45, 2.75) is 23.2 Å². The maximum atomic E-state index is 13.2. The van der Waals surface area contributed by atoms with E-state index >= 15 is 0 Å². The van der Waals surface area contributed by atoms with Gasteiger partial charge in [0.15, 0.2) is 0 Å². The number of carbonyl (C=O) groups excluding carboxylic acids is 3. The number of hydrogen-bond donors (Lipinski definition) is 3. The van der Waals surface area contributed by atoms with E-state index in [1.165, 1.54) is 30.0 Å². The standard InChI is InChI=1S/C32H25ClF3N3O3S/c1-20(29(40)38-26-12-6-10-23(19-26)32(34,35)36)43-27-15-13-25(14-16-27)37-31(42)28(18-21-7-5-11-24(33)17-21)39-30(41)22-8-3-2-4-9-22/h2-20H,1H3,(H,37,42)(H,38,40)(H,39,41)/b28-18-. The van der Waals surface area contributed by atoms with Crippen molar-refractivity contribution in [3.63, 3.8) is 0 Å². The Labute approximate surface area is 255 Å². The number of benzene rings is 4.